The Morgan fingerprint density at radius 2 is 1.50 bits per heavy atom. The minimum atomic E-state index is 0.857. The maximum Gasteiger partial charge on any atom is 0.163 e. The number of rotatable bonds is 2. The molecule has 2 aromatic carbocycles. The zero-order valence-electron chi connectivity index (χ0n) is 10.7. The monoisotopic (exact) mass is 260 g/mol. The topological polar surface area (TPSA) is 35.1 Å². The molecule has 0 N–H and O–H groups in total. The Balaban J connectivity index is 1.91. The van der Waals surface area contributed by atoms with Gasteiger partial charge in [0, 0.05) is 11.3 Å². The van der Waals surface area contributed by atoms with E-state index in [0.717, 1.165) is 22.7 Å². The highest BCUT2D eigenvalue weighted by Crippen LogP contribution is 2.20. The van der Waals surface area contributed by atoms with E-state index in [1.165, 1.54) is 0 Å². The van der Waals surface area contributed by atoms with Crippen LogP contribution in [0.25, 0.3) is 22.7 Å². The van der Waals surface area contributed by atoms with Gasteiger partial charge < -0.3 is 0 Å². The van der Waals surface area contributed by atoms with Crippen LogP contribution in [0.4, 0.5) is 0 Å². The van der Waals surface area contributed by atoms with E-state index in [-0.39, 0.29) is 0 Å². The lowest BCUT2D eigenvalue weighted by atomic mass is 10.2. The van der Waals surface area contributed by atoms with Crippen LogP contribution < -0.4 is 0 Å². The Kier molecular flexibility index (Phi) is 2.39. The van der Waals surface area contributed by atoms with Crippen molar-refractivity contribution in [1.29, 1.82) is 0 Å². The average Bonchev–Trinajstić information content (AvgIpc) is 3.10. The maximum absolute atomic E-state index is 4.49. The van der Waals surface area contributed by atoms with Gasteiger partial charge in [-0.05, 0) is 12.1 Å². The number of imidazole rings is 1. The van der Waals surface area contributed by atoms with Gasteiger partial charge in [-0.1, -0.05) is 48.5 Å². The molecule has 20 heavy (non-hydrogen) atoms. The van der Waals surface area contributed by atoms with Crippen molar-refractivity contribution in [3.05, 3.63) is 73.2 Å². The smallest absolute Gasteiger partial charge is 0.163 e. The number of benzene rings is 2. The summed E-state index contributed by atoms with van der Waals surface area (Å²) < 4.78 is 3.89. The minimum absolute atomic E-state index is 0.857. The van der Waals surface area contributed by atoms with Crippen LogP contribution in [0.3, 0.4) is 0 Å². The Morgan fingerprint density at radius 1 is 0.800 bits per heavy atom. The van der Waals surface area contributed by atoms with Crippen molar-refractivity contribution in [2.45, 2.75) is 0 Å². The van der Waals surface area contributed by atoms with E-state index >= 15 is 0 Å². The normalized spacial score (nSPS) is 11.0. The maximum atomic E-state index is 4.49. The molecule has 96 valence electrons. The van der Waals surface area contributed by atoms with Gasteiger partial charge in [0.15, 0.2) is 11.5 Å². The van der Waals surface area contributed by atoms with Crippen LogP contribution >= 0.6 is 0 Å². The third-order valence-corrected chi connectivity index (χ3v) is 3.32. The van der Waals surface area contributed by atoms with Crippen LogP contribution in [0.1, 0.15) is 0 Å². The zero-order chi connectivity index (χ0) is 13.4. The van der Waals surface area contributed by atoms with Gasteiger partial charge in [0.1, 0.15) is 6.33 Å². The standard InChI is InChI=1S/C16H12N4/c1-3-7-13(8-4-1)16-17-11-15-19(12-18-20(15)16)14-9-5-2-6-10-14/h1-12H. The molecular weight excluding hydrogens is 248 g/mol. The van der Waals surface area contributed by atoms with Gasteiger partial charge in [-0.15, -0.1) is 0 Å². The lowest BCUT2D eigenvalue weighted by molar-refractivity contribution is 0.963. The van der Waals surface area contributed by atoms with E-state index in [9.17, 15) is 0 Å². The molecular formula is C16H12N4. The Hall–Kier alpha value is -2.88. The van der Waals surface area contributed by atoms with Crippen LogP contribution in [-0.4, -0.2) is 19.2 Å². The first-order valence-electron chi connectivity index (χ1n) is 6.45. The van der Waals surface area contributed by atoms with Gasteiger partial charge in [-0.3, -0.25) is 4.57 Å². The second-order valence-corrected chi connectivity index (χ2v) is 4.55. The zero-order valence-corrected chi connectivity index (χ0v) is 10.7. The molecule has 2 aromatic heterocycles. The fraction of sp³-hybridized carbons (Fsp3) is 0. The van der Waals surface area contributed by atoms with Crippen molar-refractivity contribution >= 4 is 5.65 Å². The number of hydrogen-bond donors (Lipinski definition) is 0. The minimum Gasteiger partial charge on any atom is -0.282 e. The second kappa shape index (κ2) is 4.35. The van der Waals surface area contributed by atoms with Gasteiger partial charge in [0.25, 0.3) is 0 Å². The molecule has 0 aliphatic carbocycles. The molecule has 4 heteroatoms. The predicted molar refractivity (Wildman–Crippen MR) is 77.8 cm³/mol. The molecule has 0 spiro atoms. The van der Waals surface area contributed by atoms with Crippen LogP contribution in [0.15, 0.2) is 73.2 Å². The molecule has 0 saturated heterocycles. The summed E-state index contributed by atoms with van der Waals surface area (Å²) in [5, 5.41) is 4.45. The first-order valence-corrected chi connectivity index (χ1v) is 6.45. The first-order chi connectivity index (χ1) is 9.93. The summed E-state index contributed by atoms with van der Waals surface area (Å²) in [5.41, 5.74) is 3.09. The summed E-state index contributed by atoms with van der Waals surface area (Å²) in [4.78, 5) is 4.49. The third-order valence-electron chi connectivity index (χ3n) is 3.32. The fourth-order valence-electron chi connectivity index (χ4n) is 2.35. The van der Waals surface area contributed by atoms with Gasteiger partial charge in [0.2, 0.25) is 0 Å². The van der Waals surface area contributed by atoms with Crippen molar-refractivity contribution < 1.29 is 0 Å². The SMILES string of the molecule is c1ccc(-c2ncc3n(-c4ccccc4)cnn23)cc1. The highest BCUT2D eigenvalue weighted by Gasteiger charge is 2.11. The summed E-state index contributed by atoms with van der Waals surface area (Å²) in [6.45, 7) is 0. The van der Waals surface area contributed by atoms with Crippen molar-refractivity contribution in [3.8, 4) is 17.1 Å². The summed E-state index contributed by atoms with van der Waals surface area (Å²) in [6, 6.07) is 20.2. The molecule has 0 saturated carbocycles. The van der Waals surface area contributed by atoms with Gasteiger partial charge in [-0.2, -0.15) is 9.61 Å². The number of nitrogens with zero attached hydrogens (tertiary/aromatic N) is 4. The fourth-order valence-corrected chi connectivity index (χ4v) is 2.35. The number of aromatic nitrogens is 4. The molecule has 0 aliphatic rings. The quantitative estimate of drug-likeness (QED) is 0.555. The molecule has 0 amide bonds. The van der Waals surface area contributed by atoms with E-state index in [0.29, 0.717) is 0 Å². The van der Waals surface area contributed by atoms with Crippen molar-refractivity contribution in [2.24, 2.45) is 0 Å². The van der Waals surface area contributed by atoms with Gasteiger partial charge >= 0.3 is 0 Å². The molecule has 0 fully saturated rings. The molecule has 2 heterocycles. The molecule has 0 aliphatic heterocycles. The molecule has 4 rings (SSSR count). The van der Waals surface area contributed by atoms with Crippen molar-refractivity contribution in [2.75, 3.05) is 0 Å². The summed E-state index contributed by atoms with van der Waals surface area (Å²) in [5.74, 6) is 0.857. The lowest BCUT2D eigenvalue weighted by Crippen LogP contribution is -1.91. The van der Waals surface area contributed by atoms with E-state index in [4.69, 9.17) is 0 Å². The van der Waals surface area contributed by atoms with Crippen molar-refractivity contribution in [3.63, 3.8) is 0 Å². The molecule has 4 aromatic rings. The van der Waals surface area contributed by atoms with Crippen LogP contribution in [0.2, 0.25) is 0 Å². The van der Waals surface area contributed by atoms with E-state index in [1.807, 2.05) is 70.1 Å². The molecule has 0 bridgehead atoms. The van der Waals surface area contributed by atoms with Crippen LogP contribution in [-0.2, 0) is 0 Å². The summed E-state index contributed by atoms with van der Waals surface area (Å²) in [7, 11) is 0. The van der Waals surface area contributed by atoms with Crippen molar-refractivity contribution in [1.82, 2.24) is 19.2 Å². The number of fused-ring (bicyclic) bond motifs is 1. The van der Waals surface area contributed by atoms with E-state index in [1.54, 1.807) is 0 Å². The summed E-state index contributed by atoms with van der Waals surface area (Å²) >= 11 is 0. The Morgan fingerprint density at radius 3 is 2.25 bits per heavy atom. The van der Waals surface area contributed by atoms with Gasteiger partial charge in [0.05, 0.1) is 6.20 Å². The van der Waals surface area contributed by atoms with Gasteiger partial charge in [-0.25, -0.2) is 4.98 Å². The average molecular weight is 260 g/mol. The second-order valence-electron chi connectivity index (χ2n) is 4.55. The van der Waals surface area contributed by atoms with E-state index in [2.05, 4.69) is 22.2 Å². The Bertz CT molecular complexity index is 770. The highest BCUT2D eigenvalue weighted by atomic mass is 15.4. The lowest BCUT2D eigenvalue weighted by Gasteiger charge is -2.00. The summed E-state index contributed by atoms with van der Waals surface area (Å²) in [6.07, 6.45) is 3.67. The van der Waals surface area contributed by atoms with E-state index < -0.39 is 0 Å². The number of para-hydroxylation sites is 1. The predicted octanol–water partition coefficient (Wildman–Crippen LogP) is 3.19. The molecule has 0 radical (unpaired) electrons. The molecule has 4 nitrogen and oxygen atoms in total. The largest absolute Gasteiger partial charge is 0.282 e. The van der Waals surface area contributed by atoms with Crippen LogP contribution in [0.5, 0.6) is 0 Å². The highest BCUT2D eigenvalue weighted by molar-refractivity contribution is 5.61. The molecule has 0 unspecified atom stereocenters. The molecule has 0 atom stereocenters. The number of hydrogen-bond acceptors (Lipinski definition) is 2. The third kappa shape index (κ3) is 1.62. The van der Waals surface area contributed by atoms with Crippen LogP contribution in [0, 0.1) is 0 Å². The first kappa shape index (κ1) is 11.0. The Labute approximate surface area is 115 Å².